The lowest BCUT2D eigenvalue weighted by atomic mass is 10.3. The molecule has 0 fully saturated rings. The molecule has 1 N–H and O–H groups in total. The fraction of sp³-hybridized carbons (Fsp3) is 0.357. The van der Waals surface area contributed by atoms with Crippen molar-refractivity contribution in [2.24, 2.45) is 0 Å². The topological polar surface area (TPSA) is 68.2 Å². The van der Waals surface area contributed by atoms with Crippen LogP contribution in [0.5, 0.6) is 0 Å². The third kappa shape index (κ3) is 3.74. The summed E-state index contributed by atoms with van der Waals surface area (Å²) in [5.74, 6) is -0.294. The van der Waals surface area contributed by atoms with Crippen molar-refractivity contribution in [3.8, 4) is 5.69 Å². The van der Waals surface area contributed by atoms with E-state index in [4.69, 9.17) is 0 Å². The van der Waals surface area contributed by atoms with Gasteiger partial charge in [-0.15, -0.1) is 11.3 Å². The van der Waals surface area contributed by atoms with Gasteiger partial charge < -0.3 is 9.88 Å². The van der Waals surface area contributed by atoms with E-state index in [2.05, 4.69) is 5.32 Å². The number of sulfone groups is 1. The van der Waals surface area contributed by atoms with Crippen LogP contribution in [0.1, 0.15) is 21.1 Å². The SMILES string of the molecule is Cc1ccc(C)n1-c1ccsc1C(=O)NCCS(C)(=O)=O. The summed E-state index contributed by atoms with van der Waals surface area (Å²) in [7, 11) is -3.07. The number of hydrogen-bond donors (Lipinski definition) is 1. The average Bonchev–Trinajstić information content (AvgIpc) is 2.94. The van der Waals surface area contributed by atoms with Gasteiger partial charge in [-0.25, -0.2) is 8.42 Å². The number of hydrogen-bond acceptors (Lipinski definition) is 4. The Balaban J connectivity index is 2.19. The summed E-state index contributed by atoms with van der Waals surface area (Å²) in [6, 6.07) is 5.90. The third-order valence-electron chi connectivity index (χ3n) is 3.12. The van der Waals surface area contributed by atoms with Crippen molar-refractivity contribution in [1.29, 1.82) is 0 Å². The number of rotatable bonds is 5. The molecule has 0 aliphatic heterocycles. The molecule has 0 atom stereocenters. The van der Waals surface area contributed by atoms with E-state index < -0.39 is 9.84 Å². The van der Waals surface area contributed by atoms with Gasteiger partial charge in [0.05, 0.1) is 11.4 Å². The van der Waals surface area contributed by atoms with Gasteiger partial charge >= 0.3 is 0 Å². The Morgan fingerprint density at radius 3 is 2.43 bits per heavy atom. The second-order valence-electron chi connectivity index (χ2n) is 4.97. The minimum absolute atomic E-state index is 0.0545. The Morgan fingerprint density at radius 2 is 1.86 bits per heavy atom. The maximum Gasteiger partial charge on any atom is 0.263 e. The summed E-state index contributed by atoms with van der Waals surface area (Å²) in [6.07, 6.45) is 1.16. The second kappa shape index (κ2) is 6.03. The van der Waals surface area contributed by atoms with Crippen LogP contribution in [0.3, 0.4) is 0 Å². The predicted molar refractivity (Wildman–Crippen MR) is 85.2 cm³/mol. The molecule has 0 aliphatic carbocycles. The standard InChI is InChI=1S/C14H18N2O3S2/c1-10-4-5-11(2)16(10)12-6-8-20-13(12)14(17)15-7-9-21(3,18)19/h4-6,8H,7,9H2,1-3H3,(H,15,17). The monoisotopic (exact) mass is 326 g/mol. The van der Waals surface area contributed by atoms with Gasteiger partial charge in [-0.3, -0.25) is 4.79 Å². The predicted octanol–water partition coefficient (Wildman–Crippen LogP) is 1.93. The van der Waals surface area contributed by atoms with E-state index in [0.717, 1.165) is 23.3 Å². The highest BCUT2D eigenvalue weighted by Gasteiger charge is 2.16. The summed E-state index contributed by atoms with van der Waals surface area (Å²) < 4.78 is 24.2. The van der Waals surface area contributed by atoms with Crippen molar-refractivity contribution in [3.63, 3.8) is 0 Å². The molecule has 21 heavy (non-hydrogen) atoms. The van der Waals surface area contributed by atoms with Gasteiger partial charge in [-0.1, -0.05) is 0 Å². The van der Waals surface area contributed by atoms with E-state index in [1.807, 2.05) is 42.0 Å². The molecule has 0 unspecified atom stereocenters. The van der Waals surface area contributed by atoms with Gasteiger partial charge in [-0.05, 0) is 37.4 Å². The van der Waals surface area contributed by atoms with Crippen LogP contribution in [0.2, 0.25) is 0 Å². The van der Waals surface area contributed by atoms with Crippen LogP contribution in [0.15, 0.2) is 23.6 Å². The maximum atomic E-state index is 12.2. The van der Waals surface area contributed by atoms with Crippen LogP contribution >= 0.6 is 11.3 Å². The molecule has 0 bridgehead atoms. The van der Waals surface area contributed by atoms with E-state index in [0.29, 0.717) is 4.88 Å². The Kier molecular flexibility index (Phi) is 4.53. The Hall–Kier alpha value is -1.60. The van der Waals surface area contributed by atoms with Gasteiger partial charge in [0.1, 0.15) is 14.7 Å². The van der Waals surface area contributed by atoms with E-state index in [9.17, 15) is 13.2 Å². The first-order chi connectivity index (χ1) is 9.79. The molecule has 0 radical (unpaired) electrons. The van der Waals surface area contributed by atoms with E-state index >= 15 is 0 Å². The molecule has 0 aliphatic rings. The largest absolute Gasteiger partial charge is 0.350 e. The van der Waals surface area contributed by atoms with Crippen LogP contribution in [-0.2, 0) is 9.84 Å². The number of amides is 1. The number of nitrogens with zero attached hydrogens (tertiary/aromatic N) is 1. The van der Waals surface area contributed by atoms with Crippen molar-refractivity contribution in [2.75, 3.05) is 18.6 Å². The lowest BCUT2D eigenvalue weighted by Gasteiger charge is -2.10. The number of thiophene rings is 1. The molecule has 0 spiro atoms. The molecule has 2 aromatic rings. The highest BCUT2D eigenvalue weighted by Crippen LogP contribution is 2.24. The highest BCUT2D eigenvalue weighted by atomic mass is 32.2. The molecular weight excluding hydrogens is 308 g/mol. The van der Waals surface area contributed by atoms with Crippen molar-refractivity contribution < 1.29 is 13.2 Å². The fourth-order valence-electron chi connectivity index (χ4n) is 2.13. The quantitative estimate of drug-likeness (QED) is 0.913. The average molecular weight is 326 g/mol. The summed E-state index contributed by atoms with van der Waals surface area (Å²) in [6.45, 7) is 4.09. The van der Waals surface area contributed by atoms with Crippen molar-refractivity contribution in [1.82, 2.24) is 9.88 Å². The lowest BCUT2D eigenvalue weighted by molar-refractivity contribution is 0.0960. The zero-order chi connectivity index (χ0) is 15.6. The molecule has 1 amide bonds. The van der Waals surface area contributed by atoms with Crippen LogP contribution in [0.25, 0.3) is 5.69 Å². The maximum absolute atomic E-state index is 12.2. The van der Waals surface area contributed by atoms with Gasteiger partial charge in [0, 0.05) is 24.2 Å². The van der Waals surface area contributed by atoms with Crippen molar-refractivity contribution in [3.05, 3.63) is 39.8 Å². The Bertz CT molecular complexity index is 738. The number of aromatic nitrogens is 1. The van der Waals surface area contributed by atoms with Gasteiger partial charge in [0.2, 0.25) is 0 Å². The smallest absolute Gasteiger partial charge is 0.263 e. The summed E-state index contributed by atoms with van der Waals surface area (Å²) in [5.41, 5.74) is 2.93. The molecule has 0 saturated carbocycles. The molecular formula is C14H18N2O3S2. The first kappa shape index (κ1) is 15.8. The Morgan fingerprint density at radius 1 is 1.24 bits per heavy atom. The summed E-state index contributed by atoms with van der Waals surface area (Å²) in [4.78, 5) is 12.8. The van der Waals surface area contributed by atoms with E-state index in [-0.39, 0.29) is 18.2 Å². The Labute approximate surface area is 128 Å². The van der Waals surface area contributed by atoms with Crippen LogP contribution in [0, 0.1) is 13.8 Å². The molecule has 2 heterocycles. The van der Waals surface area contributed by atoms with E-state index in [1.165, 1.54) is 11.3 Å². The van der Waals surface area contributed by atoms with E-state index in [1.54, 1.807) is 0 Å². The van der Waals surface area contributed by atoms with Gasteiger partial charge in [0.25, 0.3) is 5.91 Å². The van der Waals surface area contributed by atoms with Crippen LogP contribution < -0.4 is 5.32 Å². The minimum atomic E-state index is -3.07. The lowest BCUT2D eigenvalue weighted by Crippen LogP contribution is -2.28. The second-order valence-corrected chi connectivity index (χ2v) is 8.15. The number of carbonyl (C=O) groups is 1. The third-order valence-corrected chi connectivity index (χ3v) is 4.97. The summed E-state index contributed by atoms with van der Waals surface area (Å²) in [5, 5.41) is 4.52. The minimum Gasteiger partial charge on any atom is -0.350 e. The molecule has 7 heteroatoms. The fourth-order valence-corrected chi connectivity index (χ4v) is 3.39. The molecule has 2 rings (SSSR count). The molecule has 114 valence electrons. The number of carbonyl (C=O) groups excluding carboxylic acids is 1. The highest BCUT2D eigenvalue weighted by molar-refractivity contribution is 7.90. The van der Waals surface area contributed by atoms with Gasteiger partial charge in [0.15, 0.2) is 0 Å². The zero-order valence-electron chi connectivity index (χ0n) is 12.2. The molecule has 5 nitrogen and oxygen atoms in total. The normalized spacial score (nSPS) is 11.6. The summed E-state index contributed by atoms with van der Waals surface area (Å²) >= 11 is 1.35. The number of aryl methyl sites for hydroxylation is 2. The first-order valence-electron chi connectivity index (χ1n) is 6.48. The van der Waals surface area contributed by atoms with Crippen LogP contribution in [-0.4, -0.2) is 37.4 Å². The number of nitrogens with one attached hydrogen (secondary N) is 1. The van der Waals surface area contributed by atoms with Gasteiger partial charge in [-0.2, -0.15) is 0 Å². The van der Waals surface area contributed by atoms with Crippen molar-refractivity contribution in [2.45, 2.75) is 13.8 Å². The molecule has 0 saturated heterocycles. The molecule has 0 aromatic carbocycles. The van der Waals surface area contributed by atoms with Crippen molar-refractivity contribution >= 4 is 27.1 Å². The first-order valence-corrected chi connectivity index (χ1v) is 9.42. The molecule has 2 aromatic heterocycles. The van der Waals surface area contributed by atoms with Crippen LogP contribution in [0.4, 0.5) is 0 Å². The zero-order valence-corrected chi connectivity index (χ0v) is 13.8.